The Hall–Kier alpha value is -4.87. The fraction of sp³-hybridized carbons (Fsp3) is 0.152. The Labute approximate surface area is 259 Å². The zero-order valence-electron chi connectivity index (χ0n) is 24.0. The van der Waals surface area contributed by atoms with E-state index in [0.717, 1.165) is 21.8 Å². The largest absolute Gasteiger partial charge is 0.496 e. The molecule has 1 atom stereocenters. The highest BCUT2D eigenvalue weighted by Crippen LogP contribution is 2.40. The summed E-state index contributed by atoms with van der Waals surface area (Å²) in [7, 11) is 1.58. The number of nitrogens with zero attached hydrogens (tertiary/aromatic N) is 3. The van der Waals surface area contributed by atoms with Gasteiger partial charge in [0.2, 0.25) is 0 Å². The summed E-state index contributed by atoms with van der Waals surface area (Å²) in [5.74, 6) is 0.536. The van der Waals surface area contributed by atoms with E-state index in [1.54, 1.807) is 31.6 Å². The van der Waals surface area contributed by atoms with Crippen molar-refractivity contribution in [1.29, 1.82) is 0 Å². The number of carbonyl (C=O) groups is 1. The van der Waals surface area contributed by atoms with Crippen molar-refractivity contribution < 1.29 is 18.7 Å². The molecule has 220 valence electrons. The van der Waals surface area contributed by atoms with Crippen molar-refractivity contribution in [3.63, 3.8) is 0 Å². The normalized spacial score (nSPS) is 15.1. The summed E-state index contributed by atoms with van der Waals surface area (Å²) in [6.45, 7) is 3.70. The summed E-state index contributed by atoms with van der Waals surface area (Å²) in [5, 5.41) is 3.15. The average Bonchev–Trinajstić information content (AvgIpc) is 3.73. The number of aromatic nitrogens is 3. The Morgan fingerprint density at radius 3 is 2.75 bits per heavy atom. The molecule has 0 radical (unpaired) electrons. The number of imidazole rings is 1. The Morgan fingerprint density at radius 2 is 1.93 bits per heavy atom. The number of para-hydroxylation sites is 2. The molecular formula is C33H26N4O5S2. The number of benzene rings is 3. The lowest BCUT2D eigenvalue weighted by molar-refractivity contribution is -0.139. The minimum atomic E-state index is -0.815. The molecule has 0 bridgehead atoms. The molecule has 3 aromatic heterocycles. The van der Waals surface area contributed by atoms with Gasteiger partial charge in [0.15, 0.2) is 15.1 Å². The average molecular weight is 623 g/mol. The molecule has 0 aliphatic carbocycles. The van der Waals surface area contributed by atoms with Crippen LogP contribution in [-0.4, -0.2) is 34.2 Å². The predicted octanol–water partition coefficient (Wildman–Crippen LogP) is 5.58. The monoisotopic (exact) mass is 622 g/mol. The van der Waals surface area contributed by atoms with E-state index in [2.05, 4.69) is 9.97 Å². The highest BCUT2D eigenvalue weighted by atomic mass is 32.2. The van der Waals surface area contributed by atoms with E-state index in [1.807, 2.05) is 72.8 Å². The predicted molar refractivity (Wildman–Crippen MR) is 170 cm³/mol. The van der Waals surface area contributed by atoms with Crippen molar-refractivity contribution in [2.45, 2.75) is 30.1 Å². The summed E-state index contributed by atoms with van der Waals surface area (Å²) >= 11 is 2.60. The van der Waals surface area contributed by atoms with Crippen LogP contribution in [-0.2, 0) is 9.53 Å². The maximum absolute atomic E-state index is 14.2. The number of allylic oxidation sites excluding steroid dienone is 1. The van der Waals surface area contributed by atoms with E-state index < -0.39 is 12.0 Å². The van der Waals surface area contributed by atoms with E-state index >= 15 is 0 Å². The first-order chi connectivity index (χ1) is 21.4. The number of hydrogen-bond acceptors (Lipinski definition) is 9. The molecule has 44 heavy (non-hydrogen) atoms. The number of rotatable bonds is 7. The van der Waals surface area contributed by atoms with Gasteiger partial charge in [-0.05, 0) is 66.7 Å². The summed E-state index contributed by atoms with van der Waals surface area (Å²) < 4.78 is 19.3. The van der Waals surface area contributed by atoms with Crippen molar-refractivity contribution >= 4 is 56.9 Å². The molecule has 0 fully saturated rings. The number of hydrogen-bond donors (Lipinski definition) is 1. The van der Waals surface area contributed by atoms with Gasteiger partial charge < -0.3 is 18.9 Å². The third-order valence-corrected chi connectivity index (χ3v) is 9.17. The van der Waals surface area contributed by atoms with Crippen LogP contribution in [0.1, 0.15) is 31.2 Å². The minimum Gasteiger partial charge on any atom is -0.496 e. The molecule has 1 aliphatic heterocycles. The zero-order valence-corrected chi connectivity index (χ0v) is 25.6. The number of esters is 1. The van der Waals surface area contributed by atoms with Gasteiger partial charge in [0.25, 0.3) is 5.56 Å². The number of ether oxygens (including phenoxy) is 2. The van der Waals surface area contributed by atoms with Gasteiger partial charge in [-0.2, -0.15) is 0 Å². The summed E-state index contributed by atoms with van der Waals surface area (Å²) in [5.41, 5.74) is 2.99. The number of carbonyl (C=O) groups excluding carboxylic acids is 1. The number of thiazole rings is 1. The quantitative estimate of drug-likeness (QED) is 0.231. The fourth-order valence-electron chi connectivity index (χ4n) is 5.47. The van der Waals surface area contributed by atoms with Crippen molar-refractivity contribution in [3.8, 4) is 5.75 Å². The van der Waals surface area contributed by atoms with Gasteiger partial charge in [-0.15, -0.1) is 0 Å². The third kappa shape index (κ3) is 4.83. The van der Waals surface area contributed by atoms with Crippen LogP contribution in [0.25, 0.3) is 27.9 Å². The molecule has 1 N–H and O–H groups in total. The molecular weight excluding hydrogens is 597 g/mol. The van der Waals surface area contributed by atoms with Crippen molar-refractivity contribution in [2.24, 2.45) is 4.99 Å². The van der Waals surface area contributed by atoms with Crippen LogP contribution < -0.4 is 19.6 Å². The van der Waals surface area contributed by atoms with E-state index in [9.17, 15) is 9.59 Å². The van der Waals surface area contributed by atoms with Crippen molar-refractivity contribution in [3.05, 3.63) is 115 Å². The number of furan rings is 1. The van der Waals surface area contributed by atoms with Crippen LogP contribution in [0.2, 0.25) is 0 Å². The second-order valence-corrected chi connectivity index (χ2v) is 12.0. The van der Waals surface area contributed by atoms with E-state index in [-0.39, 0.29) is 12.2 Å². The van der Waals surface area contributed by atoms with Crippen LogP contribution in [0.5, 0.6) is 5.75 Å². The maximum Gasteiger partial charge on any atom is 0.338 e. The summed E-state index contributed by atoms with van der Waals surface area (Å²) in [6.07, 6.45) is 1.70. The number of H-pyrrole nitrogens is 1. The smallest absolute Gasteiger partial charge is 0.338 e. The van der Waals surface area contributed by atoms with Crippen LogP contribution in [0.3, 0.4) is 0 Å². The lowest BCUT2D eigenvalue weighted by Crippen LogP contribution is -2.40. The van der Waals surface area contributed by atoms with Gasteiger partial charge in [-0.25, -0.2) is 14.8 Å². The highest BCUT2D eigenvalue weighted by molar-refractivity contribution is 7.99. The molecule has 1 aliphatic rings. The van der Waals surface area contributed by atoms with Crippen molar-refractivity contribution in [2.75, 3.05) is 13.7 Å². The molecule has 0 saturated carbocycles. The second-order valence-electron chi connectivity index (χ2n) is 10.0. The molecule has 0 spiro atoms. The number of aromatic amines is 1. The molecule has 3 aromatic carbocycles. The topological polar surface area (TPSA) is 112 Å². The molecule has 0 saturated heterocycles. The van der Waals surface area contributed by atoms with Crippen LogP contribution in [0, 0.1) is 0 Å². The van der Waals surface area contributed by atoms with Crippen LogP contribution in [0.4, 0.5) is 0 Å². The number of nitrogens with one attached hydrogen (secondary N) is 1. The van der Waals surface area contributed by atoms with Gasteiger partial charge in [-0.1, -0.05) is 53.8 Å². The Bertz CT molecular complexity index is 2260. The van der Waals surface area contributed by atoms with E-state index in [0.29, 0.717) is 47.9 Å². The molecule has 7 rings (SSSR count). The minimum absolute atomic E-state index is 0.187. The maximum atomic E-state index is 14.2. The van der Waals surface area contributed by atoms with Gasteiger partial charge in [0, 0.05) is 11.6 Å². The van der Waals surface area contributed by atoms with Gasteiger partial charge in [0.05, 0.1) is 40.6 Å². The Balaban J connectivity index is 1.35. The second kappa shape index (κ2) is 11.3. The number of fused-ring (bicyclic) bond motifs is 3. The van der Waals surface area contributed by atoms with E-state index in [1.165, 1.54) is 23.1 Å². The zero-order chi connectivity index (χ0) is 30.4. The Morgan fingerprint density at radius 1 is 1.11 bits per heavy atom. The molecule has 11 heteroatoms. The SMILES string of the molecule is CCOC(=O)C1=C(C)N=c2sc(=Cc3ccc(Sc4nc5ccccc5[nH]4)o3)c(=O)n2[C@H]1c1c(OC)ccc2ccccc12. The molecule has 9 nitrogen and oxygen atoms in total. The Kier molecular flexibility index (Phi) is 7.19. The summed E-state index contributed by atoms with van der Waals surface area (Å²) in [4.78, 5) is 40.6. The summed E-state index contributed by atoms with van der Waals surface area (Å²) in [6, 6.07) is 22.3. The first-order valence-corrected chi connectivity index (χ1v) is 15.6. The molecule has 0 unspecified atom stereocenters. The van der Waals surface area contributed by atoms with Gasteiger partial charge in [0.1, 0.15) is 17.6 Å². The molecule has 6 aromatic rings. The van der Waals surface area contributed by atoms with Crippen LogP contribution in [0.15, 0.2) is 109 Å². The number of methoxy groups -OCH3 is 1. The van der Waals surface area contributed by atoms with Gasteiger partial charge >= 0.3 is 5.97 Å². The van der Waals surface area contributed by atoms with Crippen LogP contribution >= 0.6 is 23.1 Å². The van der Waals surface area contributed by atoms with E-state index in [4.69, 9.17) is 18.9 Å². The first-order valence-electron chi connectivity index (χ1n) is 13.9. The molecule has 4 heterocycles. The fourth-order valence-corrected chi connectivity index (χ4v) is 7.27. The standard InChI is InChI=1S/C33H26N4O5S2/c1-4-41-31(39)27-18(2)34-33-37(29(27)28-21-10-6-5-9-19(21)13-15-24(28)40-3)30(38)25(43-33)17-20-14-16-26(42-20)44-32-35-22-11-7-8-12-23(22)36-32/h5-17,29H,4H2,1-3H3,(H,35,36)/t29-/m1/s1. The highest BCUT2D eigenvalue weighted by Gasteiger charge is 2.36. The third-order valence-electron chi connectivity index (χ3n) is 7.38. The lowest BCUT2D eigenvalue weighted by atomic mass is 9.90. The van der Waals surface area contributed by atoms with Crippen molar-refractivity contribution in [1.82, 2.24) is 14.5 Å². The first kappa shape index (κ1) is 27.9. The van der Waals surface area contributed by atoms with Gasteiger partial charge in [-0.3, -0.25) is 9.36 Å². The lowest BCUT2D eigenvalue weighted by Gasteiger charge is -2.27. The molecule has 0 amide bonds.